The molecule has 0 aromatic heterocycles. The fourth-order valence-corrected chi connectivity index (χ4v) is 2.82. The first-order valence-corrected chi connectivity index (χ1v) is 7.36. The van der Waals surface area contributed by atoms with Crippen molar-refractivity contribution in [2.24, 2.45) is 0 Å². The highest BCUT2D eigenvalue weighted by Crippen LogP contribution is 2.23. The van der Waals surface area contributed by atoms with E-state index < -0.39 is 12.1 Å². The van der Waals surface area contributed by atoms with Crippen LogP contribution in [0.1, 0.15) is 5.56 Å². The third-order valence-corrected chi connectivity index (χ3v) is 3.74. The summed E-state index contributed by atoms with van der Waals surface area (Å²) in [5.74, 6) is -0.0982. The molecule has 0 aliphatic carbocycles. The van der Waals surface area contributed by atoms with Crippen LogP contribution in [-0.4, -0.2) is 34.8 Å². The summed E-state index contributed by atoms with van der Waals surface area (Å²) in [7, 11) is 0. The topological polar surface area (TPSA) is 46.6 Å². The fourth-order valence-electron chi connectivity index (χ4n) is 1.88. The van der Waals surface area contributed by atoms with Gasteiger partial charge in [-0.15, -0.1) is 0 Å². The molecule has 0 spiro atoms. The number of Topliss-reactive ketones (excluding diaryl/α,β-unsaturated/α-hetero) is 1. The first-order valence-electron chi connectivity index (χ1n) is 5.48. The smallest absolute Gasteiger partial charge is 0.410 e. The second-order valence-electron chi connectivity index (χ2n) is 4.10. The molecule has 0 radical (unpaired) electrons. The Hall–Kier alpha value is -0.780. The zero-order valence-electron chi connectivity index (χ0n) is 9.74. The third-order valence-electron chi connectivity index (χ3n) is 2.75. The van der Waals surface area contributed by atoms with E-state index in [-0.39, 0.29) is 24.3 Å². The zero-order chi connectivity index (χ0) is 14.0. The molecule has 0 bridgehead atoms. The summed E-state index contributed by atoms with van der Waals surface area (Å²) in [4.78, 5) is 24.8. The van der Waals surface area contributed by atoms with Gasteiger partial charge in [0.1, 0.15) is 12.6 Å². The molecule has 1 aromatic carbocycles. The first kappa shape index (κ1) is 14.6. The molecule has 1 unspecified atom stereocenters. The number of ether oxygens (including phenoxy) is 1. The lowest BCUT2D eigenvalue weighted by molar-refractivity contribution is -0.120. The molecule has 1 heterocycles. The summed E-state index contributed by atoms with van der Waals surface area (Å²) in [6.45, 7) is 0.320. The van der Waals surface area contributed by atoms with Crippen molar-refractivity contribution in [1.29, 1.82) is 0 Å². The van der Waals surface area contributed by atoms with Crippen molar-refractivity contribution in [2.75, 3.05) is 11.9 Å². The van der Waals surface area contributed by atoms with E-state index in [2.05, 4.69) is 15.9 Å². The number of carbonyl (C=O) groups excluding carboxylic acids is 2. The van der Waals surface area contributed by atoms with E-state index in [0.717, 1.165) is 5.56 Å². The molecule has 102 valence electrons. The van der Waals surface area contributed by atoms with Crippen molar-refractivity contribution in [1.82, 2.24) is 4.90 Å². The van der Waals surface area contributed by atoms with E-state index in [1.165, 1.54) is 4.90 Å². The summed E-state index contributed by atoms with van der Waals surface area (Å²) in [5.41, 5.74) is 0.753. The number of halogens is 3. The molecule has 0 saturated carbocycles. The van der Waals surface area contributed by atoms with E-state index in [1.807, 2.05) is 0 Å². The molecule has 1 fully saturated rings. The number of hydrogen-bond acceptors (Lipinski definition) is 3. The van der Waals surface area contributed by atoms with Crippen molar-refractivity contribution < 1.29 is 14.3 Å². The van der Waals surface area contributed by atoms with E-state index in [0.29, 0.717) is 10.0 Å². The fraction of sp³-hybridized carbons (Fsp3) is 0.333. The molecule has 2 rings (SSSR count). The molecule has 4 nitrogen and oxygen atoms in total. The van der Waals surface area contributed by atoms with Gasteiger partial charge >= 0.3 is 6.09 Å². The van der Waals surface area contributed by atoms with Gasteiger partial charge in [-0.1, -0.05) is 39.1 Å². The Morgan fingerprint density at radius 1 is 1.37 bits per heavy atom. The van der Waals surface area contributed by atoms with Gasteiger partial charge in [-0.05, 0) is 23.8 Å². The van der Waals surface area contributed by atoms with Gasteiger partial charge in [-0.3, -0.25) is 9.69 Å². The first-order chi connectivity index (χ1) is 9.01. The monoisotopic (exact) mass is 365 g/mol. The largest absolute Gasteiger partial charge is 0.447 e. The van der Waals surface area contributed by atoms with Crippen LogP contribution in [0.15, 0.2) is 18.2 Å². The van der Waals surface area contributed by atoms with Crippen LogP contribution in [-0.2, 0) is 16.1 Å². The van der Waals surface area contributed by atoms with Gasteiger partial charge in [0.25, 0.3) is 0 Å². The van der Waals surface area contributed by atoms with Crippen LogP contribution in [0.5, 0.6) is 0 Å². The molecule has 1 amide bonds. The summed E-state index contributed by atoms with van der Waals surface area (Å²) in [6.07, 6.45) is -0.504. The second-order valence-corrected chi connectivity index (χ2v) is 5.53. The van der Waals surface area contributed by atoms with Crippen molar-refractivity contribution in [3.63, 3.8) is 0 Å². The summed E-state index contributed by atoms with van der Waals surface area (Å²) >= 11 is 14.9. The Balaban J connectivity index is 2.19. The van der Waals surface area contributed by atoms with Gasteiger partial charge in [0.05, 0.1) is 11.9 Å². The minimum absolute atomic E-state index is 0.0809. The molecular weight excluding hydrogens is 357 g/mol. The van der Waals surface area contributed by atoms with Gasteiger partial charge in [0.2, 0.25) is 0 Å². The molecular formula is C12H10BrCl2NO3. The minimum atomic E-state index is -0.565. The molecule has 1 aliphatic heterocycles. The normalized spacial score (nSPS) is 18.6. The Morgan fingerprint density at radius 3 is 2.58 bits per heavy atom. The average molecular weight is 367 g/mol. The summed E-state index contributed by atoms with van der Waals surface area (Å²) in [6, 6.07) is 4.45. The van der Waals surface area contributed by atoms with E-state index in [4.69, 9.17) is 27.9 Å². The maximum atomic E-state index is 11.7. The van der Waals surface area contributed by atoms with E-state index in [1.54, 1.807) is 18.2 Å². The number of rotatable bonds is 4. The number of hydrogen-bond donors (Lipinski definition) is 0. The van der Waals surface area contributed by atoms with Crippen molar-refractivity contribution in [3.05, 3.63) is 33.8 Å². The Kier molecular flexibility index (Phi) is 4.71. The lowest BCUT2D eigenvalue weighted by Gasteiger charge is -2.20. The van der Waals surface area contributed by atoms with Crippen LogP contribution in [0.25, 0.3) is 0 Å². The van der Waals surface area contributed by atoms with Crippen LogP contribution in [0, 0.1) is 0 Å². The van der Waals surface area contributed by atoms with Crippen LogP contribution in [0.2, 0.25) is 10.0 Å². The van der Waals surface area contributed by atoms with E-state index in [9.17, 15) is 9.59 Å². The highest BCUT2D eigenvalue weighted by Gasteiger charge is 2.37. The Labute approximate surface area is 128 Å². The quantitative estimate of drug-likeness (QED) is 0.768. The van der Waals surface area contributed by atoms with Crippen LogP contribution in [0.4, 0.5) is 4.79 Å². The average Bonchev–Trinajstić information content (AvgIpc) is 2.69. The molecule has 1 atom stereocenters. The number of amides is 1. The Bertz CT molecular complexity index is 503. The molecule has 1 aliphatic rings. The van der Waals surface area contributed by atoms with Crippen molar-refractivity contribution in [3.8, 4) is 0 Å². The van der Waals surface area contributed by atoms with Gasteiger partial charge in [-0.25, -0.2) is 4.79 Å². The van der Waals surface area contributed by atoms with Crippen LogP contribution >= 0.6 is 39.1 Å². The number of ketones is 1. The third kappa shape index (κ3) is 3.41. The molecule has 19 heavy (non-hydrogen) atoms. The minimum Gasteiger partial charge on any atom is -0.447 e. The number of benzene rings is 1. The summed E-state index contributed by atoms with van der Waals surface area (Å²) < 4.78 is 4.91. The Morgan fingerprint density at radius 2 is 2.00 bits per heavy atom. The SMILES string of the molecule is O=C(CBr)C1COC(=O)N1Cc1cc(Cl)cc(Cl)c1. The maximum Gasteiger partial charge on any atom is 0.410 e. The predicted octanol–water partition coefficient (Wildman–Crippen LogP) is 3.28. The van der Waals surface area contributed by atoms with Gasteiger partial charge < -0.3 is 4.74 Å². The van der Waals surface area contributed by atoms with Crippen LogP contribution in [0.3, 0.4) is 0 Å². The lowest BCUT2D eigenvalue weighted by Crippen LogP contribution is -2.39. The van der Waals surface area contributed by atoms with Gasteiger partial charge in [0.15, 0.2) is 5.78 Å². The second kappa shape index (κ2) is 6.11. The highest BCUT2D eigenvalue weighted by molar-refractivity contribution is 9.09. The number of alkyl halides is 1. The molecule has 1 aromatic rings. The van der Waals surface area contributed by atoms with Gasteiger partial charge in [-0.2, -0.15) is 0 Å². The van der Waals surface area contributed by atoms with Crippen molar-refractivity contribution >= 4 is 51.0 Å². The predicted molar refractivity (Wildman–Crippen MR) is 75.9 cm³/mol. The molecule has 1 saturated heterocycles. The number of carbonyl (C=O) groups is 2. The molecule has 0 N–H and O–H groups in total. The number of nitrogens with zero attached hydrogens (tertiary/aromatic N) is 1. The van der Waals surface area contributed by atoms with E-state index >= 15 is 0 Å². The molecule has 7 heteroatoms. The summed E-state index contributed by atoms with van der Waals surface area (Å²) in [5, 5.41) is 1.15. The van der Waals surface area contributed by atoms with Crippen LogP contribution < -0.4 is 0 Å². The lowest BCUT2D eigenvalue weighted by atomic mass is 10.1. The maximum absolute atomic E-state index is 11.7. The van der Waals surface area contributed by atoms with Gasteiger partial charge in [0, 0.05) is 10.0 Å². The van der Waals surface area contributed by atoms with Crippen molar-refractivity contribution in [2.45, 2.75) is 12.6 Å². The standard InChI is InChI=1S/C12H10BrCl2NO3/c13-4-11(17)10-6-19-12(18)16(10)5-7-1-8(14)3-9(15)2-7/h1-3,10H,4-6H2. The number of cyclic esters (lactones) is 1. The highest BCUT2D eigenvalue weighted by atomic mass is 79.9. The zero-order valence-corrected chi connectivity index (χ0v) is 12.8.